The molecule has 1 nitrogen and oxygen atoms in total. The molecule has 1 atom stereocenters. The van der Waals surface area contributed by atoms with Crippen LogP contribution in [0.1, 0.15) is 18.9 Å². The van der Waals surface area contributed by atoms with Crippen LogP contribution in [0.25, 0.3) is 0 Å². The lowest BCUT2D eigenvalue weighted by molar-refractivity contribution is 0.573. The number of rotatable bonds is 3. The summed E-state index contributed by atoms with van der Waals surface area (Å²) in [6.45, 7) is 1.94. The van der Waals surface area contributed by atoms with E-state index in [-0.39, 0.29) is 6.04 Å². The zero-order valence-electron chi connectivity index (χ0n) is 7.56. The second kappa shape index (κ2) is 4.33. The molecule has 0 aliphatic heterocycles. The Morgan fingerprint density at radius 3 is 2.23 bits per heavy atom. The first-order valence-electron chi connectivity index (χ1n) is 4.32. The van der Waals surface area contributed by atoms with Crippen LogP contribution >= 0.6 is 0 Å². The fraction of sp³-hybridized carbons (Fsp3) is 0.400. The monoisotopic (exact) mass is 185 g/mol. The Kier molecular flexibility index (Phi) is 3.37. The van der Waals surface area contributed by atoms with Crippen molar-refractivity contribution >= 4 is 0 Å². The van der Waals surface area contributed by atoms with Crippen molar-refractivity contribution in [1.29, 1.82) is 0 Å². The van der Waals surface area contributed by atoms with Crippen molar-refractivity contribution in [2.45, 2.75) is 25.8 Å². The van der Waals surface area contributed by atoms with Gasteiger partial charge in [0, 0.05) is 12.1 Å². The van der Waals surface area contributed by atoms with Crippen molar-refractivity contribution in [2.75, 3.05) is 0 Å². The van der Waals surface area contributed by atoms with Gasteiger partial charge in [0.05, 0.1) is 0 Å². The van der Waals surface area contributed by atoms with E-state index < -0.39 is 11.6 Å². The molecule has 0 saturated carbocycles. The minimum absolute atomic E-state index is 0.0267. The summed E-state index contributed by atoms with van der Waals surface area (Å²) in [4.78, 5) is 0. The van der Waals surface area contributed by atoms with Crippen LogP contribution in [-0.2, 0) is 6.42 Å². The van der Waals surface area contributed by atoms with Crippen molar-refractivity contribution in [1.82, 2.24) is 0 Å². The maximum absolute atomic E-state index is 12.7. The van der Waals surface area contributed by atoms with Gasteiger partial charge in [-0.2, -0.15) is 0 Å². The van der Waals surface area contributed by atoms with E-state index in [0.717, 1.165) is 12.5 Å². The van der Waals surface area contributed by atoms with E-state index in [1.54, 1.807) is 0 Å². The van der Waals surface area contributed by atoms with Crippen LogP contribution in [0.4, 0.5) is 8.78 Å². The molecule has 0 heterocycles. The van der Waals surface area contributed by atoms with Gasteiger partial charge in [-0.3, -0.25) is 0 Å². The number of hydrogen-bond acceptors (Lipinski definition) is 1. The molecule has 0 fully saturated rings. The molecule has 0 bridgehead atoms. The summed E-state index contributed by atoms with van der Waals surface area (Å²) in [6, 6.07) is 3.47. The fourth-order valence-electron chi connectivity index (χ4n) is 1.18. The van der Waals surface area contributed by atoms with Crippen LogP contribution in [0.15, 0.2) is 18.2 Å². The molecule has 13 heavy (non-hydrogen) atoms. The van der Waals surface area contributed by atoms with Gasteiger partial charge in [-0.1, -0.05) is 6.92 Å². The van der Waals surface area contributed by atoms with E-state index >= 15 is 0 Å². The van der Waals surface area contributed by atoms with E-state index in [1.807, 2.05) is 6.92 Å². The molecular formula is C10H13F2N. The summed E-state index contributed by atoms with van der Waals surface area (Å²) in [5, 5.41) is 0. The molecular weight excluding hydrogens is 172 g/mol. The highest BCUT2D eigenvalue weighted by Gasteiger charge is 2.04. The van der Waals surface area contributed by atoms with Crippen LogP contribution in [0.3, 0.4) is 0 Å². The second-order valence-electron chi connectivity index (χ2n) is 3.15. The largest absolute Gasteiger partial charge is 0.327 e. The van der Waals surface area contributed by atoms with Crippen molar-refractivity contribution in [3.8, 4) is 0 Å². The lowest BCUT2D eigenvalue weighted by Gasteiger charge is -2.08. The Labute approximate surface area is 76.6 Å². The molecule has 1 rings (SSSR count). The molecule has 2 N–H and O–H groups in total. The van der Waals surface area contributed by atoms with Crippen LogP contribution in [0.5, 0.6) is 0 Å². The molecule has 0 spiro atoms. The smallest absolute Gasteiger partial charge is 0.126 e. The van der Waals surface area contributed by atoms with Gasteiger partial charge in [-0.15, -0.1) is 0 Å². The molecule has 0 amide bonds. The standard InChI is InChI=1S/C10H13F2N/c1-2-10(13)5-7-3-8(11)6-9(12)4-7/h3-4,6,10H,2,5,13H2,1H3/t10-/m1/s1. The highest BCUT2D eigenvalue weighted by molar-refractivity contribution is 5.18. The average Bonchev–Trinajstić information content (AvgIpc) is 2.02. The third-order valence-corrected chi connectivity index (χ3v) is 1.94. The van der Waals surface area contributed by atoms with Crippen LogP contribution in [0.2, 0.25) is 0 Å². The molecule has 1 aromatic carbocycles. The molecule has 0 aromatic heterocycles. The van der Waals surface area contributed by atoms with Crippen molar-refractivity contribution in [3.05, 3.63) is 35.4 Å². The Balaban J connectivity index is 2.77. The Hall–Kier alpha value is -0.960. The summed E-state index contributed by atoms with van der Waals surface area (Å²) in [5.74, 6) is -1.09. The zero-order valence-corrected chi connectivity index (χ0v) is 7.56. The van der Waals surface area contributed by atoms with Gasteiger partial charge < -0.3 is 5.73 Å². The molecule has 0 unspecified atom stereocenters. The van der Waals surface area contributed by atoms with E-state index in [9.17, 15) is 8.78 Å². The lowest BCUT2D eigenvalue weighted by Crippen LogP contribution is -2.21. The minimum atomic E-state index is -0.543. The average molecular weight is 185 g/mol. The Morgan fingerprint density at radius 1 is 1.23 bits per heavy atom. The molecule has 3 heteroatoms. The Bertz CT molecular complexity index is 266. The SMILES string of the molecule is CC[C@@H](N)Cc1cc(F)cc(F)c1. The van der Waals surface area contributed by atoms with Crippen molar-refractivity contribution < 1.29 is 8.78 Å². The van der Waals surface area contributed by atoms with Gasteiger partial charge in [0.25, 0.3) is 0 Å². The summed E-state index contributed by atoms with van der Waals surface area (Å²) in [6.07, 6.45) is 1.32. The minimum Gasteiger partial charge on any atom is -0.327 e. The first-order valence-corrected chi connectivity index (χ1v) is 4.32. The van der Waals surface area contributed by atoms with Crippen LogP contribution < -0.4 is 5.73 Å². The molecule has 1 aromatic rings. The van der Waals surface area contributed by atoms with Gasteiger partial charge in [-0.05, 0) is 30.5 Å². The number of hydrogen-bond donors (Lipinski definition) is 1. The highest BCUT2D eigenvalue weighted by Crippen LogP contribution is 2.10. The third-order valence-electron chi connectivity index (χ3n) is 1.94. The lowest BCUT2D eigenvalue weighted by atomic mass is 10.0. The summed E-state index contributed by atoms with van der Waals surface area (Å²) in [5.41, 5.74) is 6.28. The molecule has 0 aliphatic carbocycles. The predicted octanol–water partition coefficient (Wildman–Crippen LogP) is 2.24. The number of halogens is 2. The molecule has 0 aliphatic rings. The summed E-state index contributed by atoms with van der Waals surface area (Å²) >= 11 is 0. The first-order chi connectivity index (χ1) is 6.11. The predicted molar refractivity (Wildman–Crippen MR) is 48.3 cm³/mol. The normalized spacial score (nSPS) is 12.9. The van der Waals surface area contributed by atoms with E-state index in [4.69, 9.17) is 5.73 Å². The summed E-state index contributed by atoms with van der Waals surface area (Å²) in [7, 11) is 0. The molecule has 72 valence electrons. The quantitative estimate of drug-likeness (QED) is 0.767. The van der Waals surface area contributed by atoms with Crippen LogP contribution in [0, 0.1) is 11.6 Å². The first kappa shape index (κ1) is 10.1. The number of benzene rings is 1. The van der Waals surface area contributed by atoms with E-state index in [0.29, 0.717) is 12.0 Å². The van der Waals surface area contributed by atoms with Gasteiger partial charge >= 0.3 is 0 Å². The maximum Gasteiger partial charge on any atom is 0.126 e. The van der Waals surface area contributed by atoms with Crippen molar-refractivity contribution in [3.63, 3.8) is 0 Å². The van der Waals surface area contributed by atoms with Crippen molar-refractivity contribution in [2.24, 2.45) is 5.73 Å². The third kappa shape index (κ3) is 3.11. The Morgan fingerprint density at radius 2 is 1.77 bits per heavy atom. The second-order valence-corrected chi connectivity index (χ2v) is 3.15. The molecule has 0 radical (unpaired) electrons. The maximum atomic E-state index is 12.7. The van der Waals surface area contributed by atoms with E-state index in [2.05, 4.69) is 0 Å². The van der Waals surface area contributed by atoms with Crippen LogP contribution in [-0.4, -0.2) is 6.04 Å². The van der Waals surface area contributed by atoms with E-state index in [1.165, 1.54) is 12.1 Å². The number of nitrogens with two attached hydrogens (primary N) is 1. The summed E-state index contributed by atoms with van der Waals surface area (Å²) < 4.78 is 25.4. The fourth-order valence-corrected chi connectivity index (χ4v) is 1.18. The topological polar surface area (TPSA) is 26.0 Å². The van der Waals surface area contributed by atoms with Gasteiger partial charge in [0.2, 0.25) is 0 Å². The highest BCUT2D eigenvalue weighted by atomic mass is 19.1. The molecule has 0 saturated heterocycles. The van der Waals surface area contributed by atoms with Gasteiger partial charge in [0.15, 0.2) is 0 Å². The van der Waals surface area contributed by atoms with Gasteiger partial charge in [0.1, 0.15) is 11.6 Å². The zero-order chi connectivity index (χ0) is 9.84. The van der Waals surface area contributed by atoms with Gasteiger partial charge in [-0.25, -0.2) is 8.78 Å².